The highest BCUT2D eigenvalue weighted by atomic mass is 16.5. The number of nitrogens with zero attached hydrogens (tertiary/aromatic N) is 5. The first kappa shape index (κ1) is 22.7. The van der Waals surface area contributed by atoms with Gasteiger partial charge in [-0.3, -0.25) is 14.8 Å². The number of rotatable bonds is 7. The molecule has 0 radical (unpaired) electrons. The van der Waals surface area contributed by atoms with E-state index in [1.165, 1.54) is 0 Å². The van der Waals surface area contributed by atoms with Crippen LogP contribution in [-0.4, -0.2) is 50.9 Å². The summed E-state index contributed by atoms with van der Waals surface area (Å²) in [5.74, 6) is 0.0143. The van der Waals surface area contributed by atoms with Crippen LogP contribution in [0.5, 0.6) is 5.88 Å². The molecule has 1 fully saturated rings. The molecule has 35 heavy (non-hydrogen) atoms. The molecule has 4 aromatic rings. The first-order valence-corrected chi connectivity index (χ1v) is 11.8. The maximum Gasteiger partial charge on any atom is 0.272 e. The number of methoxy groups -OCH3 is 1. The molecule has 1 unspecified atom stereocenters. The molecular formula is C28H27N5O2. The van der Waals surface area contributed by atoms with Crippen LogP contribution in [0.15, 0.2) is 85.5 Å². The molecule has 7 heteroatoms. The Hall–Kier alpha value is -4.13. The van der Waals surface area contributed by atoms with Crippen LogP contribution in [0.2, 0.25) is 0 Å². The van der Waals surface area contributed by atoms with Crippen LogP contribution in [0.4, 0.5) is 0 Å². The Morgan fingerprint density at radius 3 is 2.03 bits per heavy atom. The fraction of sp³-hybridized carbons (Fsp3) is 0.250. The summed E-state index contributed by atoms with van der Waals surface area (Å²) in [7, 11) is 1.61. The molecule has 1 atom stereocenters. The molecule has 1 saturated heterocycles. The van der Waals surface area contributed by atoms with E-state index < -0.39 is 0 Å². The van der Waals surface area contributed by atoms with E-state index in [2.05, 4.69) is 22.1 Å². The normalized spacial score (nSPS) is 14.2. The minimum Gasteiger partial charge on any atom is -0.481 e. The highest BCUT2D eigenvalue weighted by Crippen LogP contribution is 2.41. The quantitative estimate of drug-likeness (QED) is 0.400. The fourth-order valence-corrected chi connectivity index (χ4v) is 4.73. The maximum atomic E-state index is 13.2. The third-order valence-corrected chi connectivity index (χ3v) is 6.39. The number of hydrogen-bond acceptors (Lipinski definition) is 6. The molecule has 1 aliphatic rings. The van der Waals surface area contributed by atoms with E-state index in [0.29, 0.717) is 11.6 Å². The van der Waals surface area contributed by atoms with Gasteiger partial charge in [0.25, 0.3) is 5.91 Å². The van der Waals surface area contributed by atoms with Gasteiger partial charge in [0.15, 0.2) is 0 Å². The Kier molecular flexibility index (Phi) is 6.75. The summed E-state index contributed by atoms with van der Waals surface area (Å²) in [6.45, 7) is 1.55. The summed E-state index contributed by atoms with van der Waals surface area (Å²) < 4.78 is 5.44. The van der Waals surface area contributed by atoms with Crippen LogP contribution in [0.1, 0.15) is 57.7 Å². The lowest BCUT2D eigenvalue weighted by atomic mass is 9.78. The van der Waals surface area contributed by atoms with E-state index in [1.807, 2.05) is 59.8 Å². The molecular weight excluding hydrogens is 438 g/mol. The molecule has 4 aromatic heterocycles. The van der Waals surface area contributed by atoms with Crippen LogP contribution in [0, 0.1) is 0 Å². The van der Waals surface area contributed by atoms with E-state index in [1.54, 1.807) is 25.6 Å². The number of amides is 1. The molecule has 176 valence electrons. The molecule has 0 bridgehead atoms. The van der Waals surface area contributed by atoms with Crippen molar-refractivity contribution in [2.75, 3.05) is 20.2 Å². The molecule has 0 N–H and O–H groups in total. The third kappa shape index (κ3) is 4.89. The largest absolute Gasteiger partial charge is 0.481 e. The highest BCUT2D eigenvalue weighted by Gasteiger charge is 2.32. The van der Waals surface area contributed by atoms with Gasteiger partial charge >= 0.3 is 0 Å². The Morgan fingerprint density at radius 2 is 1.43 bits per heavy atom. The summed E-state index contributed by atoms with van der Waals surface area (Å²) >= 11 is 0. The van der Waals surface area contributed by atoms with Gasteiger partial charge in [-0.05, 0) is 54.3 Å². The fourth-order valence-electron chi connectivity index (χ4n) is 4.73. The summed E-state index contributed by atoms with van der Waals surface area (Å²) in [6, 6.07) is 19.3. The van der Waals surface area contributed by atoms with Crippen molar-refractivity contribution in [1.29, 1.82) is 0 Å². The number of ether oxygens (including phenoxy) is 1. The van der Waals surface area contributed by atoms with Gasteiger partial charge in [0.1, 0.15) is 5.69 Å². The minimum atomic E-state index is -0.301. The molecule has 0 aliphatic carbocycles. The van der Waals surface area contributed by atoms with E-state index in [4.69, 9.17) is 14.7 Å². The zero-order chi connectivity index (χ0) is 24.0. The van der Waals surface area contributed by atoms with E-state index in [0.717, 1.165) is 48.4 Å². The van der Waals surface area contributed by atoms with Crippen LogP contribution in [-0.2, 0) is 0 Å². The molecule has 0 saturated carbocycles. The molecule has 1 amide bonds. The molecule has 7 nitrogen and oxygen atoms in total. The lowest BCUT2D eigenvalue weighted by Crippen LogP contribution is -2.29. The van der Waals surface area contributed by atoms with Gasteiger partial charge in [-0.1, -0.05) is 24.3 Å². The molecule has 5 rings (SSSR count). The minimum absolute atomic E-state index is 0.0268. The third-order valence-electron chi connectivity index (χ3n) is 6.39. The van der Waals surface area contributed by atoms with Crippen molar-refractivity contribution in [3.05, 3.63) is 114 Å². The molecule has 0 spiro atoms. The second kappa shape index (κ2) is 10.4. The van der Waals surface area contributed by atoms with Crippen LogP contribution in [0.25, 0.3) is 0 Å². The predicted octanol–water partition coefficient (Wildman–Crippen LogP) is 4.48. The standard InChI is InChI=1S/C28H27N5O2/c1-35-25-13-5-11-23(32-25)27(22-10-4-12-24(31-22)28(34)33-16-2-3-17-33)26(20-8-6-14-29-18-20)21-9-7-15-30-19-21/h4-15,18-19,26-27H,2-3,16-17H2,1H3. The van der Waals surface area contributed by atoms with Crippen molar-refractivity contribution in [2.24, 2.45) is 0 Å². The zero-order valence-electron chi connectivity index (χ0n) is 19.6. The summed E-state index contributed by atoms with van der Waals surface area (Å²) in [5, 5.41) is 0. The molecule has 1 aliphatic heterocycles. The van der Waals surface area contributed by atoms with Crippen molar-refractivity contribution in [3.63, 3.8) is 0 Å². The van der Waals surface area contributed by atoms with Gasteiger partial charge in [0.05, 0.1) is 24.4 Å². The van der Waals surface area contributed by atoms with Crippen molar-refractivity contribution in [1.82, 2.24) is 24.8 Å². The summed E-state index contributed by atoms with van der Waals surface area (Å²) in [6.07, 6.45) is 9.32. The van der Waals surface area contributed by atoms with Crippen LogP contribution in [0.3, 0.4) is 0 Å². The number of hydrogen-bond donors (Lipinski definition) is 0. The number of aromatic nitrogens is 4. The van der Waals surface area contributed by atoms with E-state index >= 15 is 0 Å². The Balaban J connectivity index is 1.67. The second-order valence-electron chi connectivity index (χ2n) is 8.58. The lowest BCUT2D eigenvalue weighted by molar-refractivity contribution is 0.0786. The predicted molar refractivity (Wildman–Crippen MR) is 132 cm³/mol. The summed E-state index contributed by atoms with van der Waals surface area (Å²) in [5.41, 5.74) is 4.02. The second-order valence-corrected chi connectivity index (χ2v) is 8.58. The molecule has 0 aromatic carbocycles. The Bertz CT molecular complexity index is 1240. The van der Waals surface area contributed by atoms with Gasteiger partial charge in [0, 0.05) is 49.9 Å². The number of carbonyl (C=O) groups is 1. The van der Waals surface area contributed by atoms with Gasteiger partial charge in [-0.15, -0.1) is 0 Å². The van der Waals surface area contributed by atoms with Gasteiger partial charge in [-0.25, -0.2) is 9.97 Å². The number of carbonyl (C=O) groups excluding carboxylic acids is 1. The van der Waals surface area contributed by atoms with Crippen molar-refractivity contribution in [2.45, 2.75) is 24.7 Å². The average Bonchev–Trinajstić information content (AvgIpc) is 3.47. The Labute approximate surface area is 204 Å². The zero-order valence-corrected chi connectivity index (χ0v) is 19.6. The van der Waals surface area contributed by atoms with Crippen molar-refractivity contribution >= 4 is 5.91 Å². The first-order valence-electron chi connectivity index (χ1n) is 11.8. The van der Waals surface area contributed by atoms with Crippen molar-refractivity contribution in [3.8, 4) is 5.88 Å². The number of pyridine rings is 4. The van der Waals surface area contributed by atoms with Gasteiger partial charge < -0.3 is 9.64 Å². The van der Waals surface area contributed by atoms with Gasteiger partial charge in [-0.2, -0.15) is 0 Å². The Morgan fingerprint density at radius 1 is 0.800 bits per heavy atom. The smallest absolute Gasteiger partial charge is 0.272 e. The van der Waals surface area contributed by atoms with Crippen LogP contribution < -0.4 is 4.74 Å². The lowest BCUT2D eigenvalue weighted by Gasteiger charge is -2.28. The van der Waals surface area contributed by atoms with Crippen molar-refractivity contribution < 1.29 is 9.53 Å². The molecule has 5 heterocycles. The first-order chi connectivity index (χ1) is 17.2. The average molecular weight is 466 g/mol. The maximum absolute atomic E-state index is 13.2. The highest BCUT2D eigenvalue weighted by molar-refractivity contribution is 5.92. The van der Waals surface area contributed by atoms with Crippen LogP contribution >= 0.6 is 0 Å². The van der Waals surface area contributed by atoms with E-state index in [9.17, 15) is 4.79 Å². The monoisotopic (exact) mass is 465 g/mol. The van der Waals surface area contributed by atoms with E-state index in [-0.39, 0.29) is 17.7 Å². The number of likely N-dealkylation sites (tertiary alicyclic amines) is 1. The SMILES string of the molecule is COc1cccc(C(c2cccc(C(=O)N3CCCC3)n2)C(c2cccnc2)c2cccnc2)n1. The summed E-state index contributed by atoms with van der Waals surface area (Å²) in [4.78, 5) is 33.5. The van der Waals surface area contributed by atoms with Gasteiger partial charge in [0.2, 0.25) is 5.88 Å². The topological polar surface area (TPSA) is 81.1 Å².